The first-order valence-corrected chi connectivity index (χ1v) is 8.46. The predicted molar refractivity (Wildman–Crippen MR) is 88.5 cm³/mol. The second-order valence-electron chi connectivity index (χ2n) is 5.92. The van der Waals surface area contributed by atoms with E-state index in [1.54, 1.807) is 0 Å². The number of thiophene rings is 1. The third-order valence-electron chi connectivity index (χ3n) is 4.45. The van der Waals surface area contributed by atoms with Crippen LogP contribution in [0.4, 0.5) is 0 Å². The predicted octanol–water partition coefficient (Wildman–Crippen LogP) is 3.89. The quantitative estimate of drug-likeness (QED) is 0.918. The molecule has 1 fully saturated rings. The molecule has 0 spiro atoms. The summed E-state index contributed by atoms with van der Waals surface area (Å²) in [5.74, 6) is 0.811. The number of fused-ring (bicyclic) bond motifs is 1. The Labute approximate surface area is 125 Å². The molecule has 2 aromatic rings. The van der Waals surface area contributed by atoms with E-state index in [1.807, 2.05) is 11.3 Å². The number of rotatable bonds is 4. The van der Waals surface area contributed by atoms with Crippen molar-refractivity contribution in [1.29, 1.82) is 0 Å². The first-order valence-electron chi connectivity index (χ1n) is 7.65. The first kappa shape index (κ1) is 14.1. The average Bonchev–Trinajstić information content (AvgIpc) is 2.91. The van der Waals surface area contributed by atoms with Crippen LogP contribution in [-0.4, -0.2) is 31.6 Å². The Morgan fingerprint density at radius 2 is 2.25 bits per heavy atom. The molecule has 2 nitrogen and oxygen atoms in total. The van der Waals surface area contributed by atoms with Gasteiger partial charge in [-0.05, 0) is 63.3 Å². The highest BCUT2D eigenvalue weighted by Gasteiger charge is 2.24. The highest BCUT2D eigenvalue weighted by atomic mass is 32.1. The molecule has 1 aromatic heterocycles. The summed E-state index contributed by atoms with van der Waals surface area (Å²) in [6.45, 7) is 5.99. The van der Waals surface area contributed by atoms with Crippen LogP contribution in [-0.2, 0) is 0 Å². The lowest BCUT2D eigenvalue weighted by Gasteiger charge is -2.36. The maximum absolute atomic E-state index is 3.33. The number of hydrogen-bond donors (Lipinski definition) is 1. The topological polar surface area (TPSA) is 15.3 Å². The van der Waals surface area contributed by atoms with Crippen LogP contribution >= 0.6 is 11.3 Å². The zero-order valence-electron chi connectivity index (χ0n) is 12.4. The standard InChI is InChI=1S/C17H24N2S/c1-13(19-9-5-6-14(12-19)11-18-2)17-10-15-7-3-4-8-16(15)20-17/h3-4,7-8,10,13-14,18H,5-6,9,11-12H2,1-2H3. The molecule has 0 bridgehead atoms. The largest absolute Gasteiger partial charge is 0.319 e. The van der Waals surface area contributed by atoms with Crippen molar-refractivity contribution in [3.8, 4) is 0 Å². The highest BCUT2D eigenvalue weighted by molar-refractivity contribution is 7.19. The minimum absolute atomic E-state index is 0.548. The Kier molecular flexibility index (Phi) is 4.39. The second kappa shape index (κ2) is 6.25. The summed E-state index contributed by atoms with van der Waals surface area (Å²) in [5.41, 5.74) is 0. The smallest absolute Gasteiger partial charge is 0.0413 e. The van der Waals surface area contributed by atoms with Crippen molar-refractivity contribution >= 4 is 21.4 Å². The normalized spacial score (nSPS) is 22.2. The van der Waals surface area contributed by atoms with Gasteiger partial charge in [0.25, 0.3) is 0 Å². The van der Waals surface area contributed by atoms with E-state index < -0.39 is 0 Å². The summed E-state index contributed by atoms with van der Waals surface area (Å²) < 4.78 is 1.41. The lowest BCUT2D eigenvalue weighted by molar-refractivity contribution is 0.133. The second-order valence-corrected chi connectivity index (χ2v) is 7.04. The maximum Gasteiger partial charge on any atom is 0.0413 e. The highest BCUT2D eigenvalue weighted by Crippen LogP contribution is 2.34. The molecule has 1 saturated heterocycles. The van der Waals surface area contributed by atoms with Crippen LogP contribution in [0.5, 0.6) is 0 Å². The molecule has 2 heterocycles. The molecule has 20 heavy (non-hydrogen) atoms. The fourth-order valence-corrected chi connectivity index (χ4v) is 4.44. The zero-order valence-corrected chi connectivity index (χ0v) is 13.2. The van der Waals surface area contributed by atoms with Crippen LogP contribution < -0.4 is 5.32 Å². The summed E-state index contributed by atoms with van der Waals surface area (Å²) in [6, 6.07) is 11.7. The molecule has 1 aliphatic rings. The van der Waals surface area contributed by atoms with E-state index in [0.29, 0.717) is 6.04 Å². The van der Waals surface area contributed by atoms with E-state index in [9.17, 15) is 0 Å². The lowest BCUT2D eigenvalue weighted by Crippen LogP contribution is -2.40. The van der Waals surface area contributed by atoms with Gasteiger partial charge in [-0.2, -0.15) is 0 Å². The van der Waals surface area contributed by atoms with Gasteiger partial charge in [0.2, 0.25) is 0 Å². The maximum atomic E-state index is 3.33. The molecular formula is C17H24N2S. The fourth-order valence-electron chi connectivity index (χ4n) is 3.29. The van der Waals surface area contributed by atoms with Gasteiger partial charge in [-0.3, -0.25) is 4.90 Å². The molecule has 2 unspecified atom stereocenters. The number of nitrogens with one attached hydrogen (secondary N) is 1. The number of likely N-dealkylation sites (tertiary alicyclic amines) is 1. The van der Waals surface area contributed by atoms with Gasteiger partial charge in [0.05, 0.1) is 0 Å². The van der Waals surface area contributed by atoms with E-state index in [2.05, 4.69) is 54.5 Å². The molecule has 108 valence electrons. The average molecular weight is 288 g/mol. The van der Waals surface area contributed by atoms with Gasteiger partial charge < -0.3 is 5.32 Å². The number of piperidine rings is 1. The lowest BCUT2D eigenvalue weighted by atomic mass is 9.96. The van der Waals surface area contributed by atoms with E-state index in [0.717, 1.165) is 12.5 Å². The summed E-state index contributed by atoms with van der Waals surface area (Å²) >= 11 is 1.96. The molecular weight excluding hydrogens is 264 g/mol. The molecule has 3 rings (SSSR count). The van der Waals surface area contributed by atoms with E-state index in [-0.39, 0.29) is 0 Å². The Morgan fingerprint density at radius 3 is 3.05 bits per heavy atom. The number of hydrogen-bond acceptors (Lipinski definition) is 3. The van der Waals surface area contributed by atoms with E-state index in [1.165, 1.54) is 40.9 Å². The molecule has 0 aliphatic carbocycles. The van der Waals surface area contributed by atoms with Crippen molar-refractivity contribution in [3.05, 3.63) is 35.2 Å². The van der Waals surface area contributed by atoms with Crippen molar-refractivity contribution in [2.75, 3.05) is 26.7 Å². The van der Waals surface area contributed by atoms with Crippen LogP contribution in [0.15, 0.2) is 30.3 Å². The Bertz CT molecular complexity index is 528. The third-order valence-corrected chi connectivity index (χ3v) is 5.73. The van der Waals surface area contributed by atoms with Gasteiger partial charge in [0, 0.05) is 22.2 Å². The third kappa shape index (κ3) is 2.90. The molecule has 2 atom stereocenters. The summed E-state index contributed by atoms with van der Waals surface area (Å²) in [4.78, 5) is 4.17. The van der Waals surface area contributed by atoms with Gasteiger partial charge in [-0.1, -0.05) is 18.2 Å². The summed E-state index contributed by atoms with van der Waals surface area (Å²) in [6.07, 6.45) is 2.71. The van der Waals surface area contributed by atoms with Crippen molar-refractivity contribution in [2.45, 2.75) is 25.8 Å². The van der Waals surface area contributed by atoms with Gasteiger partial charge >= 0.3 is 0 Å². The van der Waals surface area contributed by atoms with E-state index in [4.69, 9.17) is 0 Å². The van der Waals surface area contributed by atoms with Crippen LogP contribution in [0.25, 0.3) is 10.1 Å². The molecule has 1 aliphatic heterocycles. The van der Waals surface area contributed by atoms with Crippen LogP contribution in [0, 0.1) is 5.92 Å². The van der Waals surface area contributed by atoms with Crippen molar-refractivity contribution < 1.29 is 0 Å². The molecule has 3 heteroatoms. The molecule has 1 aromatic carbocycles. The van der Waals surface area contributed by atoms with Gasteiger partial charge in [0.1, 0.15) is 0 Å². The van der Waals surface area contributed by atoms with Crippen molar-refractivity contribution in [1.82, 2.24) is 10.2 Å². The Balaban J connectivity index is 1.75. The monoisotopic (exact) mass is 288 g/mol. The van der Waals surface area contributed by atoms with Crippen LogP contribution in [0.2, 0.25) is 0 Å². The summed E-state index contributed by atoms with van der Waals surface area (Å²) in [7, 11) is 2.06. The molecule has 0 amide bonds. The fraction of sp³-hybridized carbons (Fsp3) is 0.529. The van der Waals surface area contributed by atoms with Crippen LogP contribution in [0.1, 0.15) is 30.7 Å². The number of nitrogens with zero attached hydrogens (tertiary/aromatic N) is 1. The Morgan fingerprint density at radius 1 is 1.40 bits per heavy atom. The minimum atomic E-state index is 0.548. The van der Waals surface area contributed by atoms with Crippen molar-refractivity contribution in [3.63, 3.8) is 0 Å². The SMILES string of the molecule is CNCC1CCCN(C(C)c2cc3ccccc3s2)C1. The van der Waals surface area contributed by atoms with Gasteiger partial charge in [0.15, 0.2) is 0 Å². The van der Waals surface area contributed by atoms with Gasteiger partial charge in [-0.25, -0.2) is 0 Å². The van der Waals surface area contributed by atoms with Crippen LogP contribution in [0.3, 0.4) is 0 Å². The van der Waals surface area contributed by atoms with Gasteiger partial charge in [-0.15, -0.1) is 11.3 Å². The molecule has 1 N–H and O–H groups in total. The Hall–Kier alpha value is -0.900. The minimum Gasteiger partial charge on any atom is -0.319 e. The summed E-state index contributed by atoms with van der Waals surface area (Å²) in [5, 5.41) is 4.73. The zero-order chi connectivity index (χ0) is 13.9. The first-order chi connectivity index (χ1) is 9.78. The van der Waals surface area contributed by atoms with Crippen molar-refractivity contribution in [2.24, 2.45) is 5.92 Å². The molecule has 0 saturated carbocycles. The number of benzene rings is 1. The van der Waals surface area contributed by atoms with E-state index >= 15 is 0 Å². The molecule has 0 radical (unpaired) electrons.